The minimum absolute atomic E-state index is 0.185. The number of fused-ring (bicyclic) bond motifs is 1. The molecule has 4 nitrogen and oxygen atoms in total. The average molecular weight is 218 g/mol. The first kappa shape index (κ1) is 10.7. The lowest BCUT2D eigenvalue weighted by molar-refractivity contribution is -0.384. The quantitative estimate of drug-likeness (QED) is 0.565. The van der Waals surface area contributed by atoms with E-state index in [2.05, 4.69) is 6.20 Å². The van der Waals surface area contributed by atoms with Crippen molar-refractivity contribution in [1.29, 1.82) is 0 Å². The molecule has 2 rings (SSSR count). The topological polar surface area (TPSA) is 46.4 Å². The van der Waals surface area contributed by atoms with Crippen LogP contribution in [0, 0.1) is 10.1 Å². The zero-order valence-corrected chi connectivity index (χ0v) is 9.43. The van der Waals surface area contributed by atoms with Gasteiger partial charge < -0.3 is 4.90 Å². The molecular formula is C12H14N2O2. The fourth-order valence-corrected chi connectivity index (χ4v) is 2.06. The van der Waals surface area contributed by atoms with E-state index in [-0.39, 0.29) is 10.6 Å². The van der Waals surface area contributed by atoms with E-state index in [0.29, 0.717) is 0 Å². The summed E-state index contributed by atoms with van der Waals surface area (Å²) in [5, 5.41) is 10.6. The molecule has 84 valence electrons. The Hall–Kier alpha value is -1.84. The summed E-state index contributed by atoms with van der Waals surface area (Å²) in [4.78, 5) is 12.3. The third kappa shape index (κ3) is 1.91. The summed E-state index contributed by atoms with van der Waals surface area (Å²) in [7, 11) is 3.97. The average Bonchev–Trinajstić information content (AvgIpc) is 2.60. The number of nitrogens with zero attached hydrogens (tertiary/aromatic N) is 2. The van der Waals surface area contributed by atoms with Crippen molar-refractivity contribution in [2.45, 2.75) is 12.8 Å². The summed E-state index contributed by atoms with van der Waals surface area (Å²) in [6.45, 7) is 0. The predicted molar refractivity (Wildman–Crippen MR) is 63.1 cm³/mol. The van der Waals surface area contributed by atoms with Crippen molar-refractivity contribution in [2.24, 2.45) is 0 Å². The molecule has 0 N–H and O–H groups in total. The maximum atomic E-state index is 10.6. The normalized spacial score (nSPS) is 16.2. The molecule has 0 amide bonds. The van der Waals surface area contributed by atoms with Gasteiger partial charge in [0.2, 0.25) is 0 Å². The summed E-state index contributed by atoms with van der Waals surface area (Å²) in [5.41, 5.74) is 3.68. The lowest BCUT2D eigenvalue weighted by Crippen LogP contribution is -2.01. The molecule has 1 aromatic rings. The monoisotopic (exact) mass is 218 g/mol. The Morgan fingerprint density at radius 1 is 1.38 bits per heavy atom. The van der Waals surface area contributed by atoms with Gasteiger partial charge in [0.15, 0.2) is 0 Å². The Kier molecular flexibility index (Phi) is 2.64. The first-order valence-electron chi connectivity index (χ1n) is 5.23. The van der Waals surface area contributed by atoms with E-state index in [0.717, 1.165) is 24.0 Å². The van der Waals surface area contributed by atoms with E-state index in [4.69, 9.17) is 0 Å². The molecule has 1 aromatic carbocycles. The van der Waals surface area contributed by atoms with Crippen molar-refractivity contribution in [1.82, 2.24) is 4.90 Å². The van der Waals surface area contributed by atoms with Crippen LogP contribution in [-0.4, -0.2) is 23.9 Å². The molecule has 0 aliphatic heterocycles. The molecule has 0 unspecified atom stereocenters. The van der Waals surface area contributed by atoms with E-state index >= 15 is 0 Å². The van der Waals surface area contributed by atoms with Crippen LogP contribution >= 0.6 is 0 Å². The highest BCUT2D eigenvalue weighted by molar-refractivity contribution is 5.73. The van der Waals surface area contributed by atoms with Gasteiger partial charge in [-0.15, -0.1) is 0 Å². The Morgan fingerprint density at radius 3 is 2.75 bits per heavy atom. The highest BCUT2D eigenvalue weighted by Crippen LogP contribution is 2.34. The van der Waals surface area contributed by atoms with Gasteiger partial charge in [-0.2, -0.15) is 0 Å². The summed E-state index contributed by atoms with van der Waals surface area (Å²) >= 11 is 0. The smallest absolute Gasteiger partial charge is 0.269 e. The van der Waals surface area contributed by atoms with Gasteiger partial charge in [0.25, 0.3) is 5.69 Å². The number of benzene rings is 1. The van der Waals surface area contributed by atoms with Gasteiger partial charge in [-0.3, -0.25) is 10.1 Å². The van der Waals surface area contributed by atoms with Gasteiger partial charge in [0.1, 0.15) is 0 Å². The second-order valence-corrected chi connectivity index (χ2v) is 4.22. The number of hydrogen-bond donors (Lipinski definition) is 0. The Bertz CT molecular complexity index is 464. The van der Waals surface area contributed by atoms with Crippen LogP contribution in [0.25, 0.3) is 5.57 Å². The van der Waals surface area contributed by atoms with Gasteiger partial charge in [0.05, 0.1) is 4.92 Å². The van der Waals surface area contributed by atoms with Crippen LogP contribution in [0.2, 0.25) is 0 Å². The molecule has 4 heteroatoms. The van der Waals surface area contributed by atoms with Gasteiger partial charge >= 0.3 is 0 Å². The van der Waals surface area contributed by atoms with Crippen LogP contribution in [-0.2, 0) is 6.42 Å². The van der Waals surface area contributed by atoms with Crippen molar-refractivity contribution in [3.63, 3.8) is 0 Å². The third-order valence-electron chi connectivity index (χ3n) is 2.72. The summed E-state index contributed by atoms with van der Waals surface area (Å²) in [6.07, 6.45) is 3.95. The molecule has 0 saturated carbocycles. The summed E-state index contributed by atoms with van der Waals surface area (Å²) in [5.74, 6) is 0. The van der Waals surface area contributed by atoms with E-state index < -0.39 is 0 Å². The third-order valence-corrected chi connectivity index (χ3v) is 2.72. The Morgan fingerprint density at radius 2 is 2.12 bits per heavy atom. The molecular weight excluding hydrogens is 204 g/mol. The predicted octanol–water partition coefficient (Wildman–Crippen LogP) is 2.44. The fourth-order valence-electron chi connectivity index (χ4n) is 2.06. The molecule has 0 saturated heterocycles. The van der Waals surface area contributed by atoms with Crippen LogP contribution < -0.4 is 0 Å². The van der Waals surface area contributed by atoms with Crippen LogP contribution in [0.1, 0.15) is 17.5 Å². The first-order valence-corrected chi connectivity index (χ1v) is 5.23. The summed E-state index contributed by atoms with van der Waals surface area (Å²) in [6, 6.07) is 5.12. The second kappa shape index (κ2) is 3.96. The van der Waals surface area contributed by atoms with Crippen molar-refractivity contribution in [3.8, 4) is 0 Å². The first-order chi connectivity index (χ1) is 7.58. The Labute approximate surface area is 94.3 Å². The van der Waals surface area contributed by atoms with Gasteiger partial charge in [-0.05, 0) is 35.6 Å². The Balaban J connectivity index is 2.40. The maximum absolute atomic E-state index is 10.6. The zero-order valence-electron chi connectivity index (χ0n) is 9.43. The molecule has 0 fully saturated rings. The summed E-state index contributed by atoms with van der Waals surface area (Å²) < 4.78 is 0. The number of rotatable bonds is 2. The van der Waals surface area contributed by atoms with E-state index in [1.54, 1.807) is 12.1 Å². The van der Waals surface area contributed by atoms with Crippen molar-refractivity contribution >= 4 is 11.3 Å². The van der Waals surface area contributed by atoms with E-state index in [1.165, 1.54) is 5.57 Å². The van der Waals surface area contributed by atoms with E-state index in [1.807, 2.05) is 25.1 Å². The number of hydrogen-bond acceptors (Lipinski definition) is 3. The number of aryl methyl sites for hydroxylation is 1. The van der Waals surface area contributed by atoms with Crippen molar-refractivity contribution in [2.75, 3.05) is 14.1 Å². The molecule has 0 heterocycles. The fraction of sp³-hybridized carbons (Fsp3) is 0.333. The molecule has 0 radical (unpaired) electrons. The van der Waals surface area contributed by atoms with Crippen LogP contribution in [0.3, 0.4) is 0 Å². The standard InChI is InChI=1S/C12H14N2O2/c1-13(2)8-10-4-3-9-7-11(14(15)16)5-6-12(9)10/h5-8H,3-4H2,1-2H3/b10-8-. The molecule has 0 spiro atoms. The minimum atomic E-state index is -0.339. The molecule has 0 aromatic heterocycles. The van der Waals surface area contributed by atoms with Gasteiger partial charge in [0, 0.05) is 32.4 Å². The van der Waals surface area contributed by atoms with Crippen LogP contribution in [0.15, 0.2) is 24.4 Å². The van der Waals surface area contributed by atoms with Crippen LogP contribution in [0.5, 0.6) is 0 Å². The number of nitro groups is 1. The zero-order chi connectivity index (χ0) is 11.7. The highest BCUT2D eigenvalue weighted by Gasteiger charge is 2.19. The second-order valence-electron chi connectivity index (χ2n) is 4.22. The molecule has 16 heavy (non-hydrogen) atoms. The lowest BCUT2D eigenvalue weighted by Gasteiger charge is -2.07. The SMILES string of the molecule is CN(C)/C=C1/CCc2cc([N+](=O)[O-])ccc21. The number of non-ortho nitro benzene ring substituents is 1. The van der Waals surface area contributed by atoms with Gasteiger partial charge in [-0.1, -0.05) is 0 Å². The molecule has 0 atom stereocenters. The molecule has 1 aliphatic carbocycles. The number of allylic oxidation sites excluding steroid dienone is 1. The number of nitro benzene ring substituents is 1. The molecule has 0 bridgehead atoms. The highest BCUT2D eigenvalue weighted by atomic mass is 16.6. The largest absolute Gasteiger partial charge is 0.383 e. The minimum Gasteiger partial charge on any atom is -0.383 e. The van der Waals surface area contributed by atoms with Crippen molar-refractivity contribution < 1.29 is 4.92 Å². The lowest BCUT2D eigenvalue weighted by atomic mass is 10.1. The molecule has 1 aliphatic rings. The van der Waals surface area contributed by atoms with E-state index in [9.17, 15) is 10.1 Å². The maximum Gasteiger partial charge on any atom is 0.269 e. The van der Waals surface area contributed by atoms with Crippen molar-refractivity contribution in [3.05, 3.63) is 45.6 Å². The van der Waals surface area contributed by atoms with Crippen LogP contribution in [0.4, 0.5) is 5.69 Å². The van der Waals surface area contributed by atoms with Gasteiger partial charge in [-0.25, -0.2) is 0 Å².